The Hall–Kier alpha value is 0.270. The van der Waals surface area contributed by atoms with Crippen LogP contribution in [0.4, 0.5) is 0 Å². The summed E-state index contributed by atoms with van der Waals surface area (Å²) in [6.07, 6.45) is 7.42. The summed E-state index contributed by atoms with van der Waals surface area (Å²) < 4.78 is 0. The van der Waals surface area contributed by atoms with Gasteiger partial charge in [-0.25, -0.2) is 0 Å². The van der Waals surface area contributed by atoms with Gasteiger partial charge >= 0.3 is 0 Å². The molecule has 2 nitrogen and oxygen atoms in total. The lowest BCUT2D eigenvalue weighted by molar-refractivity contribution is 0.218. The van der Waals surface area contributed by atoms with Crippen LogP contribution in [0.5, 0.6) is 0 Å². The van der Waals surface area contributed by atoms with Crippen molar-refractivity contribution < 1.29 is 5.11 Å². The van der Waals surface area contributed by atoms with Crippen molar-refractivity contribution in [1.29, 1.82) is 0 Å². The predicted octanol–water partition coefficient (Wildman–Crippen LogP) is 2.90. The molecule has 0 bridgehead atoms. The molecule has 1 fully saturated rings. The average molecular weight is 259 g/mol. The summed E-state index contributed by atoms with van der Waals surface area (Å²) >= 11 is 1.76. The predicted molar refractivity (Wildman–Crippen MR) is 77.6 cm³/mol. The van der Waals surface area contributed by atoms with E-state index < -0.39 is 0 Å². The first-order valence-corrected chi connectivity index (χ1v) is 8.27. The Bertz CT molecular complexity index is 198. The molecule has 2 N–H and O–H groups in total. The summed E-state index contributed by atoms with van der Waals surface area (Å²) in [7, 11) is 0. The number of nitrogens with one attached hydrogen (secondary N) is 1. The van der Waals surface area contributed by atoms with Gasteiger partial charge in [0, 0.05) is 17.3 Å². The Labute approximate surface area is 111 Å². The van der Waals surface area contributed by atoms with Gasteiger partial charge in [0.05, 0.1) is 6.61 Å². The van der Waals surface area contributed by atoms with Crippen molar-refractivity contribution in [2.75, 3.05) is 12.9 Å². The second kappa shape index (κ2) is 7.65. The molecule has 0 aromatic heterocycles. The van der Waals surface area contributed by atoms with Crippen molar-refractivity contribution >= 4 is 11.8 Å². The number of hydrogen-bond acceptors (Lipinski definition) is 3. The van der Waals surface area contributed by atoms with Crippen LogP contribution in [0.25, 0.3) is 0 Å². The van der Waals surface area contributed by atoms with E-state index in [0.717, 1.165) is 11.8 Å². The molecular formula is C14H29NOS. The second-order valence-electron chi connectivity index (χ2n) is 5.77. The highest BCUT2D eigenvalue weighted by Crippen LogP contribution is 2.30. The first-order valence-electron chi connectivity index (χ1n) is 6.98. The maximum atomic E-state index is 9.28. The van der Waals surface area contributed by atoms with Crippen molar-refractivity contribution in [2.45, 2.75) is 63.8 Å². The quantitative estimate of drug-likeness (QED) is 0.769. The van der Waals surface area contributed by atoms with Gasteiger partial charge in [0.2, 0.25) is 0 Å². The number of aliphatic hydroxyl groups excluding tert-OH is 1. The summed E-state index contributed by atoms with van der Waals surface area (Å²) in [6.45, 7) is 7.16. The van der Waals surface area contributed by atoms with Gasteiger partial charge in [0.25, 0.3) is 0 Å². The van der Waals surface area contributed by atoms with Gasteiger partial charge in [-0.1, -0.05) is 13.8 Å². The van der Waals surface area contributed by atoms with E-state index >= 15 is 0 Å². The molecule has 0 aliphatic heterocycles. The molecule has 0 radical (unpaired) electrons. The molecule has 0 aromatic carbocycles. The Morgan fingerprint density at radius 1 is 1.18 bits per heavy atom. The third-order valence-corrected chi connectivity index (χ3v) is 5.42. The van der Waals surface area contributed by atoms with Crippen LogP contribution in [0.2, 0.25) is 0 Å². The molecule has 3 heteroatoms. The van der Waals surface area contributed by atoms with Gasteiger partial charge in [-0.2, -0.15) is 11.8 Å². The SMILES string of the molecule is CSC(CO)C(C)NC1CCC(C(C)C)CC1. The van der Waals surface area contributed by atoms with Crippen LogP contribution in [-0.2, 0) is 0 Å². The van der Waals surface area contributed by atoms with Gasteiger partial charge in [0.15, 0.2) is 0 Å². The lowest BCUT2D eigenvalue weighted by Gasteiger charge is -2.34. The van der Waals surface area contributed by atoms with Gasteiger partial charge in [-0.3, -0.25) is 0 Å². The summed E-state index contributed by atoms with van der Waals surface area (Å²) in [5, 5.41) is 13.3. The van der Waals surface area contributed by atoms with Crippen molar-refractivity contribution in [1.82, 2.24) is 5.32 Å². The van der Waals surface area contributed by atoms with E-state index in [1.807, 2.05) is 0 Å². The van der Waals surface area contributed by atoms with Crippen LogP contribution in [0.1, 0.15) is 46.5 Å². The summed E-state index contributed by atoms with van der Waals surface area (Å²) in [5.41, 5.74) is 0. The fraction of sp³-hybridized carbons (Fsp3) is 1.00. The minimum absolute atomic E-state index is 0.274. The molecule has 1 aliphatic rings. The molecule has 1 aliphatic carbocycles. The minimum Gasteiger partial charge on any atom is -0.395 e. The van der Waals surface area contributed by atoms with E-state index in [4.69, 9.17) is 0 Å². The van der Waals surface area contributed by atoms with Gasteiger partial charge in [0.1, 0.15) is 0 Å². The van der Waals surface area contributed by atoms with Crippen LogP contribution >= 0.6 is 11.8 Å². The van der Waals surface area contributed by atoms with Crippen LogP contribution in [0.3, 0.4) is 0 Å². The smallest absolute Gasteiger partial charge is 0.0564 e. The molecule has 17 heavy (non-hydrogen) atoms. The number of rotatable bonds is 6. The Morgan fingerprint density at radius 2 is 1.76 bits per heavy atom. The third kappa shape index (κ3) is 4.80. The van der Waals surface area contributed by atoms with Gasteiger partial charge in [-0.05, 0) is 50.7 Å². The van der Waals surface area contributed by atoms with E-state index in [1.54, 1.807) is 11.8 Å². The molecule has 0 saturated heterocycles. The molecule has 2 atom stereocenters. The molecule has 1 rings (SSSR count). The first kappa shape index (κ1) is 15.3. The molecule has 2 unspecified atom stereocenters. The molecular weight excluding hydrogens is 230 g/mol. The fourth-order valence-electron chi connectivity index (χ4n) is 2.87. The minimum atomic E-state index is 0.274. The highest BCUT2D eigenvalue weighted by atomic mass is 32.2. The van der Waals surface area contributed by atoms with E-state index in [0.29, 0.717) is 17.3 Å². The fourth-order valence-corrected chi connectivity index (χ4v) is 3.50. The third-order valence-electron chi connectivity index (χ3n) is 4.25. The highest BCUT2D eigenvalue weighted by molar-refractivity contribution is 7.99. The van der Waals surface area contributed by atoms with Gasteiger partial charge < -0.3 is 10.4 Å². The zero-order valence-electron chi connectivity index (χ0n) is 11.8. The van der Waals surface area contributed by atoms with Crippen LogP contribution in [-0.4, -0.2) is 35.3 Å². The normalized spacial score (nSPS) is 29.3. The maximum Gasteiger partial charge on any atom is 0.0564 e. The van der Waals surface area contributed by atoms with E-state index in [1.165, 1.54) is 25.7 Å². The van der Waals surface area contributed by atoms with E-state index in [-0.39, 0.29) is 6.61 Å². The van der Waals surface area contributed by atoms with Crippen LogP contribution in [0.15, 0.2) is 0 Å². The van der Waals surface area contributed by atoms with Crippen molar-refractivity contribution in [3.63, 3.8) is 0 Å². The van der Waals surface area contributed by atoms with Crippen LogP contribution < -0.4 is 5.32 Å². The molecule has 0 aromatic rings. The zero-order valence-corrected chi connectivity index (χ0v) is 12.6. The number of hydrogen-bond donors (Lipinski definition) is 2. The maximum absolute atomic E-state index is 9.28. The summed E-state index contributed by atoms with van der Waals surface area (Å²) in [5.74, 6) is 1.77. The number of thioether (sulfide) groups is 1. The van der Waals surface area contributed by atoms with Crippen LogP contribution in [0, 0.1) is 11.8 Å². The first-order chi connectivity index (χ1) is 8.08. The Balaban J connectivity index is 2.30. The molecule has 0 heterocycles. The lowest BCUT2D eigenvalue weighted by atomic mass is 9.79. The van der Waals surface area contributed by atoms with Crippen molar-refractivity contribution in [3.05, 3.63) is 0 Å². The monoisotopic (exact) mass is 259 g/mol. The average Bonchev–Trinajstić information content (AvgIpc) is 2.31. The largest absolute Gasteiger partial charge is 0.395 e. The molecule has 0 amide bonds. The Morgan fingerprint density at radius 3 is 2.18 bits per heavy atom. The van der Waals surface area contributed by atoms with Crippen molar-refractivity contribution in [3.8, 4) is 0 Å². The zero-order chi connectivity index (χ0) is 12.8. The summed E-state index contributed by atoms with van der Waals surface area (Å²) in [4.78, 5) is 0. The molecule has 0 spiro atoms. The Kier molecular flexibility index (Phi) is 6.90. The summed E-state index contributed by atoms with van der Waals surface area (Å²) in [6, 6.07) is 1.08. The molecule has 1 saturated carbocycles. The standard InChI is InChI=1S/C14H29NOS/c1-10(2)12-5-7-13(8-6-12)15-11(3)14(9-16)17-4/h10-16H,5-9H2,1-4H3. The highest BCUT2D eigenvalue weighted by Gasteiger charge is 2.25. The van der Waals surface area contributed by atoms with E-state index in [9.17, 15) is 5.11 Å². The van der Waals surface area contributed by atoms with E-state index in [2.05, 4.69) is 32.3 Å². The van der Waals surface area contributed by atoms with Gasteiger partial charge in [-0.15, -0.1) is 0 Å². The topological polar surface area (TPSA) is 32.3 Å². The number of aliphatic hydroxyl groups is 1. The second-order valence-corrected chi connectivity index (χ2v) is 6.84. The molecule has 102 valence electrons. The lowest BCUT2D eigenvalue weighted by Crippen LogP contribution is -2.45. The van der Waals surface area contributed by atoms with Crippen molar-refractivity contribution in [2.24, 2.45) is 11.8 Å².